The number of nitrogens with zero attached hydrogens (tertiary/aromatic N) is 2. The lowest BCUT2D eigenvalue weighted by Crippen LogP contribution is -1.97. The molecule has 2 aromatic heterocycles. The van der Waals surface area contributed by atoms with Gasteiger partial charge in [0.15, 0.2) is 4.73 Å². The first-order chi connectivity index (χ1) is 6.22. The van der Waals surface area contributed by atoms with Crippen molar-refractivity contribution in [1.82, 2.24) is 9.38 Å². The summed E-state index contributed by atoms with van der Waals surface area (Å²) in [7, 11) is 0. The summed E-state index contributed by atoms with van der Waals surface area (Å²) >= 11 is 3.38. The zero-order valence-electron chi connectivity index (χ0n) is 7.29. The van der Waals surface area contributed by atoms with E-state index in [-0.39, 0.29) is 0 Å². The summed E-state index contributed by atoms with van der Waals surface area (Å²) in [5, 5.41) is 0. The molecule has 3 nitrogen and oxygen atoms in total. The molecule has 0 bridgehead atoms. The van der Waals surface area contributed by atoms with Crippen LogP contribution in [-0.2, 0) is 6.54 Å². The lowest BCUT2D eigenvalue weighted by Gasteiger charge is -1.97. The fraction of sp³-hybridized carbons (Fsp3) is 0.222. The number of hydrogen-bond acceptors (Lipinski definition) is 2. The molecular weight excluding hydrogens is 230 g/mol. The Morgan fingerprint density at radius 1 is 1.62 bits per heavy atom. The molecule has 0 fully saturated rings. The topological polar surface area (TPSA) is 43.3 Å². The molecule has 0 saturated carbocycles. The Labute approximate surface area is 84.7 Å². The molecular formula is C9H10BrN3. The van der Waals surface area contributed by atoms with Gasteiger partial charge in [0.25, 0.3) is 0 Å². The number of pyridine rings is 1. The van der Waals surface area contributed by atoms with Gasteiger partial charge in [0.05, 0.1) is 11.2 Å². The molecule has 68 valence electrons. The van der Waals surface area contributed by atoms with Gasteiger partial charge in [0.1, 0.15) is 0 Å². The van der Waals surface area contributed by atoms with Crippen molar-refractivity contribution in [3.63, 3.8) is 0 Å². The molecule has 0 aliphatic rings. The minimum Gasteiger partial charge on any atom is -0.325 e. The van der Waals surface area contributed by atoms with Crippen LogP contribution in [0.3, 0.4) is 0 Å². The van der Waals surface area contributed by atoms with Crippen molar-refractivity contribution in [2.75, 3.05) is 0 Å². The van der Waals surface area contributed by atoms with Gasteiger partial charge in [-0.2, -0.15) is 0 Å². The zero-order valence-corrected chi connectivity index (χ0v) is 8.87. The average molecular weight is 240 g/mol. The summed E-state index contributed by atoms with van der Waals surface area (Å²) < 4.78 is 2.79. The Bertz CT molecular complexity index is 447. The molecule has 0 saturated heterocycles. The molecule has 0 amide bonds. The van der Waals surface area contributed by atoms with Gasteiger partial charge in [-0.25, -0.2) is 4.98 Å². The number of aromatic nitrogens is 2. The van der Waals surface area contributed by atoms with Crippen molar-refractivity contribution in [1.29, 1.82) is 0 Å². The van der Waals surface area contributed by atoms with E-state index < -0.39 is 0 Å². The van der Waals surface area contributed by atoms with Gasteiger partial charge in [-0.15, -0.1) is 0 Å². The Morgan fingerprint density at radius 3 is 3.08 bits per heavy atom. The van der Waals surface area contributed by atoms with Crippen molar-refractivity contribution < 1.29 is 0 Å². The minimum atomic E-state index is 0.471. The van der Waals surface area contributed by atoms with Gasteiger partial charge in [-0.3, -0.25) is 4.40 Å². The van der Waals surface area contributed by atoms with E-state index in [2.05, 4.69) is 33.9 Å². The van der Waals surface area contributed by atoms with E-state index in [0.717, 1.165) is 15.9 Å². The highest BCUT2D eigenvalue weighted by Crippen LogP contribution is 2.17. The normalized spacial score (nSPS) is 11.0. The predicted molar refractivity (Wildman–Crippen MR) is 55.5 cm³/mol. The van der Waals surface area contributed by atoms with Gasteiger partial charge in [-0.1, -0.05) is 0 Å². The third kappa shape index (κ3) is 1.36. The Balaban J connectivity index is 2.81. The first kappa shape index (κ1) is 8.72. The van der Waals surface area contributed by atoms with Gasteiger partial charge in [-0.05, 0) is 40.5 Å². The lowest BCUT2D eigenvalue weighted by atomic mass is 10.2. The molecule has 2 rings (SSSR count). The van der Waals surface area contributed by atoms with Crippen LogP contribution >= 0.6 is 15.9 Å². The van der Waals surface area contributed by atoms with E-state index in [1.54, 1.807) is 0 Å². The van der Waals surface area contributed by atoms with Crippen molar-refractivity contribution in [3.8, 4) is 0 Å². The van der Waals surface area contributed by atoms with E-state index in [0.29, 0.717) is 6.54 Å². The molecule has 0 spiro atoms. The van der Waals surface area contributed by atoms with Crippen molar-refractivity contribution in [3.05, 3.63) is 34.3 Å². The highest BCUT2D eigenvalue weighted by atomic mass is 79.9. The monoisotopic (exact) mass is 239 g/mol. The number of halogens is 1. The van der Waals surface area contributed by atoms with Crippen molar-refractivity contribution in [2.45, 2.75) is 13.5 Å². The van der Waals surface area contributed by atoms with Crippen LogP contribution < -0.4 is 5.73 Å². The van der Waals surface area contributed by atoms with Crippen LogP contribution in [0.4, 0.5) is 0 Å². The predicted octanol–water partition coefficient (Wildman–Crippen LogP) is 1.86. The molecule has 0 unspecified atom stereocenters. The van der Waals surface area contributed by atoms with Crippen LogP contribution in [0, 0.1) is 6.92 Å². The third-order valence-electron chi connectivity index (χ3n) is 2.03. The molecule has 0 aromatic carbocycles. The Hall–Kier alpha value is -0.870. The summed E-state index contributed by atoms with van der Waals surface area (Å²) in [6.45, 7) is 2.53. The maximum absolute atomic E-state index is 5.58. The number of imidazole rings is 1. The summed E-state index contributed by atoms with van der Waals surface area (Å²) in [6, 6.07) is 4.12. The molecule has 4 heteroatoms. The quantitative estimate of drug-likeness (QED) is 0.826. The van der Waals surface area contributed by atoms with Gasteiger partial charge >= 0.3 is 0 Å². The summed E-state index contributed by atoms with van der Waals surface area (Å²) in [5.74, 6) is 0. The van der Waals surface area contributed by atoms with Gasteiger partial charge in [0.2, 0.25) is 0 Å². The molecule has 2 heterocycles. The van der Waals surface area contributed by atoms with Gasteiger partial charge in [0, 0.05) is 12.7 Å². The van der Waals surface area contributed by atoms with E-state index in [1.807, 2.05) is 16.7 Å². The van der Waals surface area contributed by atoms with E-state index >= 15 is 0 Å². The van der Waals surface area contributed by atoms with Crippen LogP contribution in [0.15, 0.2) is 23.1 Å². The van der Waals surface area contributed by atoms with Gasteiger partial charge < -0.3 is 5.73 Å². The molecule has 13 heavy (non-hydrogen) atoms. The maximum Gasteiger partial charge on any atom is 0.182 e. The van der Waals surface area contributed by atoms with Crippen LogP contribution in [-0.4, -0.2) is 9.38 Å². The highest BCUT2D eigenvalue weighted by Gasteiger charge is 2.06. The summed E-state index contributed by atoms with van der Waals surface area (Å²) in [4.78, 5) is 4.30. The number of fused-ring (bicyclic) bond motifs is 1. The molecule has 2 N–H and O–H groups in total. The van der Waals surface area contributed by atoms with E-state index in [4.69, 9.17) is 5.73 Å². The van der Waals surface area contributed by atoms with Crippen molar-refractivity contribution >= 4 is 21.4 Å². The summed E-state index contributed by atoms with van der Waals surface area (Å²) in [6.07, 6.45) is 1.99. The SMILES string of the molecule is Cc1ccn2c(Br)nc(CN)c2c1. The molecule has 0 aliphatic carbocycles. The fourth-order valence-corrected chi connectivity index (χ4v) is 1.88. The molecule has 0 aliphatic heterocycles. The van der Waals surface area contributed by atoms with Crippen LogP contribution in [0.1, 0.15) is 11.3 Å². The second-order valence-corrected chi connectivity index (χ2v) is 3.70. The molecule has 0 atom stereocenters. The minimum absolute atomic E-state index is 0.471. The largest absolute Gasteiger partial charge is 0.325 e. The number of aryl methyl sites for hydroxylation is 1. The van der Waals surface area contributed by atoms with Crippen LogP contribution in [0.5, 0.6) is 0 Å². The van der Waals surface area contributed by atoms with Crippen molar-refractivity contribution in [2.24, 2.45) is 5.73 Å². The Morgan fingerprint density at radius 2 is 2.38 bits per heavy atom. The number of hydrogen-bond donors (Lipinski definition) is 1. The maximum atomic E-state index is 5.58. The van der Waals surface area contributed by atoms with E-state index in [9.17, 15) is 0 Å². The zero-order chi connectivity index (χ0) is 9.42. The van der Waals surface area contributed by atoms with Crippen LogP contribution in [0.25, 0.3) is 5.52 Å². The van der Waals surface area contributed by atoms with Crippen LogP contribution in [0.2, 0.25) is 0 Å². The Kier molecular flexibility index (Phi) is 2.09. The standard InChI is InChI=1S/C9H10BrN3/c1-6-2-3-13-8(4-6)7(5-11)12-9(13)10/h2-4H,5,11H2,1H3. The number of nitrogens with two attached hydrogens (primary N) is 1. The molecule has 0 radical (unpaired) electrons. The summed E-state index contributed by atoms with van der Waals surface area (Å²) in [5.41, 5.74) is 8.80. The third-order valence-corrected chi connectivity index (χ3v) is 2.58. The second kappa shape index (κ2) is 3.12. The first-order valence-electron chi connectivity index (χ1n) is 4.05. The smallest absolute Gasteiger partial charge is 0.182 e. The molecule has 2 aromatic rings. The second-order valence-electron chi connectivity index (χ2n) is 2.99. The van der Waals surface area contributed by atoms with E-state index in [1.165, 1.54) is 5.56 Å². The highest BCUT2D eigenvalue weighted by molar-refractivity contribution is 9.10. The number of rotatable bonds is 1. The fourth-order valence-electron chi connectivity index (χ4n) is 1.36. The first-order valence-corrected chi connectivity index (χ1v) is 4.85. The lowest BCUT2D eigenvalue weighted by molar-refractivity contribution is 1.01. The average Bonchev–Trinajstić information content (AvgIpc) is 2.42.